The number of ether oxygens (including phenoxy) is 1. The smallest absolute Gasteiger partial charge is 0.241 e. The van der Waals surface area contributed by atoms with E-state index in [9.17, 15) is 4.79 Å². The van der Waals surface area contributed by atoms with Crippen LogP contribution in [0.5, 0.6) is 5.75 Å². The Bertz CT molecular complexity index is 484. The summed E-state index contributed by atoms with van der Waals surface area (Å²) in [6, 6.07) is 7.80. The van der Waals surface area contributed by atoms with E-state index in [1.807, 2.05) is 36.1 Å². The van der Waals surface area contributed by atoms with Crippen molar-refractivity contribution >= 4 is 5.91 Å². The third kappa shape index (κ3) is 3.38. The highest BCUT2D eigenvalue weighted by atomic mass is 16.5. The average Bonchev–Trinajstić information content (AvgIpc) is 2.75. The number of nitrogens with one attached hydrogen (secondary N) is 1. The zero-order chi connectivity index (χ0) is 15.6. The molecule has 3 unspecified atom stereocenters. The van der Waals surface area contributed by atoms with Crippen LogP contribution in [0.4, 0.5) is 0 Å². The summed E-state index contributed by atoms with van der Waals surface area (Å²) in [5, 5.41) is 3.39. The van der Waals surface area contributed by atoms with Gasteiger partial charge in [-0.2, -0.15) is 0 Å². The molecule has 1 fully saturated rings. The molecule has 1 amide bonds. The van der Waals surface area contributed by atoms with Gasteiger partial charge in [-0.3, -0.25) is 10.1 Å². The maximum atomic E-state index is 12.4. The minimum Gasteiger partial charge on any atom is -0.497 e. The number of rotatable bonds is 5. The molecule has 4 heteroatoms. The second-order valence-corrected chi connectivity index (χ2v) is 6.28. The molecule has 3 atom stereocenters. The van der Waals surface area contributed by atoms with E-state index >= 15 is 0 Å². The highest BCUT2D eigenvalue weighted by Crippen LogP contribution is 2.28. The van der Waals surface area contributed by atoms with Gasteiger partial charge < -0.3 is 9.64 Å². The van der Waals surface area contributed by atoms with Crippen molar-refractivity contribution in [2.24, 2.45) is 11.8 Å². The molecule has 0 radical (unpaired) electrons. The molecule has 0 aromatic heterocycles. The molecule has 21 heavy (non-hydrogen) atoms. The number of hydrogen-bond donors (Lipinski definition) is 1. The maximum absolute atomic E-state index is 12.4. The van der Waals surface area contributed by atoms with E-state index in [0.717, 1.165) is 17.9 Å². The molecule has 0 spiro atoms. The second-order valence-electron chi connectivity index (χ2n) is 6.28. The molecule has 2 rings (SSSR count). The largest absolute Gasteiger partial charge is 0.497 e. The number of carbonyl (C=O) groups excluding carboxylic acids is 1. The SMILES string of the molecule is COc1ccc(C2NC(C)C(=O)N2CC(C)C(C)C)cc1. The van der Waals surface area contributed by atoms with Crippen molar-refractivity contribution < 1.29 is 9.53 Å². The summed E-state index contributed by atoms with van der Waals surface area (Å²) < 4.78 is 5.20. The lowest BCUT2D eigenvalue weighted by Crippen LogP contribution is -2.35. The molecule has 1 aromatic rings. The van der Waals surface area contributed by atoms with Crippen LogP contribution in [0.25, 0.3) is 0 Å². The van der Waals surface area contributed by atoms with Crippen molar-refractivity contribution in [2.75, 3.05) is 13.7 Å². The predicted octanol–water partition coefficient (Wildman–Crippen LogP) is 2.81. The normalized spacial score (nSPS) is 23.7. The molecular weight excluding hydrogens is 264 g/mol. The first kappa shape index (κ1) is 15.8. The topological polar surface area (TPSA) is 41.6 Å². The van der Waals surface area contributed by atoms with Gasteiger partial charge in [-0.15, -0.1) is 0 Å². The zero-order valence-corrected chi connectivity index (χ0v) is 13.6. The third-order valence-electron chi connectivity index (χ3n) is 4.43. The van der Waals surface area contributed by atoms with Crippen molar-refractivity contribution in [3.05, 3.63) is 29.8 Å². The average molecular weight is 290 g/mol. The lowest BCUT2D eigenvalue weighted by Gasteiger charge is -2.29. The standard InChI is InChI=1S/C17H26N2O2/c1-11(2)12(3)10-19-16(18-13(4)17(19)20)14-6-8-15(21-5)9-7-14/h6-9,11-13,16,18H,10H2,1-5H3. The summed E-state index contributed by atoms with van der Waals surface area (Å²) in [6.07, 6.45) is -0.0420. The number of hydrogen-bond acceptors (Lipinski definition) is 3. The first-order valence-electron chi connectivity index (χ1n) is 7.64. The summed E-state index contributed by atoms with van der Waals surface area (Å²) in [7, 11) is 1.66. The predicted molar refractivity (Wildman–Crippen MR) is 84.0 cm³/mol. The van der Waals surface area contributed by atoms with E-state index in [4.69, 9.17) is 4.74 Å². The molecule has 116 valence electrons. The lowest BCUT2D eigenvalue weighted by molar-refractivity contribution is -0.130. The number of methoxy groups -OCH3 is 1. The molecule has 1 aliphatic rings. The quantitative estimate of drug-likeness (QED) is 0.906. The Morgan fingerprint density at radius 3 is 2.38 bits per heavy atom. The molecule has 1 heterocycles. The van der Waals surface area contributed by atoms with Crippen LogP contribution < -0.4 is 10.1 Å². The van der Waals surface area contributed by atoms with E-state index in [1.54, 1.807) is 7.11 Å². The van der Waals surface area contributed by atoms with E-state index in [-0.39, 0.29) is 18.1 Å². The van der Waals surface area contributed by atoms with E-state index in [1.165, 1.54) is 0 Å². The molecule has 1 N–H and O–H groups in total. The molecule has 1 aromatic carbocycles. The van der Waals surface area contributed by atoms with Gasteiger partial charge in [0.2, 0.25) is 5.91 Å². The molecule has 1 aliphatic heterocycles. The van der Waals surface area contributed by atoms with Gasteiger partial charge in [0.15, 0.2) is 0 Å². The van der Waals surface area contributed by atoms with Crippen molar-refractivity contribution in [3.63, 3.8) is 0 Å². The van der Waals surface area contributed by atoms with Crippen LogP contribution >= 0.6 is 0 Å². The van der Waals surface area contributed by atoms with Crippen molar-refractivity contribution in [2.45, 2.75) is 39.9 Å². The summed E-state index contributed by atoms with van der Waals surface area (Å²) in [4.78, 5) is 14.4. The van der Waals surface area contributed by atoms with E-state index in [0.29, 0.717) is 11.8 Å². The van der Waals surface area contributed by atoms with Gasteiger partial charge >= 0.3 is 0 Å². The monoisotopic (exact) mass is 290 g/mol. The molecule has 4 nitrogen and oxygen atoms in total. The van der Waals surface area contributed by atoms with Gasteiger partial charge in [0.05, 0.1) is 13.2 Å². The van der Waals surface area contributed by atoms with E-state index < -0.39 is 0 Å². The van der Waals surface area contributed by atoms with Crippen molar-refractivity contribution in [1.29, 1.82) is 0 Å². The van der Waals surface area contributed by atoms with Crippen LogP contribution in [-0.4, -0.2) is 30.5 Å². The maximum Gasteiger partial charge on any atom is 0.241 e. The second kappa shape index (κ2) is 6.48. The Hall–Kier alpha value is -1.55. The molecular formula is C17H26N2O2. The zero-order valence-electron chi connectivity index (χ0n) is 13.6. The molecule has 0 aliphatic carbocycles. The lowest BCUT2D eigenvalue weighted by atomic mass is 9.97. The van der Waals surface area contributed by atoms with Gasteiger partial charge in [0.1, 0.15) is 11.9 Å². The molecule has 0 saturated carbocycles. The first-order chi connectivity index (χ1) is 9.93. The molecule has 1 saturated heterocycles. The minimum atomic E-state index is -0.128. The van der Waals surface area contributed by atoms with E-state index in [2.05, 4.69) is 26.1 Å². The fourth-order valence-corrected chi connectivity index (χ4v) is 2.55. The van der Waals surface area contributed by atoms with Gasteiger partial charge in [-0.25, -0.2) is 0 Å². The fraction of sp³-hybridized carbons (Fsp3) is 0.588. The van der Waals surface area contributed by atoms with Crippen LogP contribution in [0.15, 0.2) is 24.3 Å². The summed E-state index contributed by atoms with van der Waals surface area (Å²) in [6.45, 7) is 9.31. The number of nitrogens with zero attached hydrogens (tertiary/aromatic N) is 1. The highest BCUT2D eigenvalue weighted by molar-refractivity contribution is 5.84. The summed E-state index contributed by atoms with van der Waals surface area (Å²) in [5.74, 6) is 2.05. The Balaban J connectivity index is 2.20. The van der Waals surface area contributed by atoms with Crippen LogP contribution in [-0.2, 0) is 4.79 Å². The van der Waals surface area contributed by atoms with Gasteiger partial charge in [0.25, 0.3) is 0 Å². The first-order valence-corrected chi connectivity index (χ1v) is 7.64. The highest BCUT2D eigenvalue weighted by Gasteiger charge is 2.37. The van der Waals surface area contributed by atoms with Crippen LogP contribution in [0.1, 0.15) is 39.4 Å². The Labute approximate surface area is 127 Å². The number of benzene rings is 1. The Morgan fingerprint density at radius 2 is 1.86 bits per heavy atom. The minimum absolute atomic E-state index is 0.0420. The van der Waals surface area contributed by atoms with Gasteiger partial charge in [-0.05, 0) is 36.5 Å². The fourth-order valence-electron chi connectivity index (χ4n) is 2.55. The summed E-state index contributed by atoms with van der Waals surface area (Å²) in [5.41, 5.74) is 1.10. The van der Waals surface area contributed by atoms with Crippen LogP contribution in [0.3, 0.4) is 0 Å². The Morgan fingerprint density at radius 1 is 1.24 bits per heavy atom. The van der Waals surface area contributed by atoms with Crippen molar-refractivity contribution in [1.82, 2.24) is 10.2 Å². The van der Waals surface area contributed by atoms with Crippen molar-refractivity contribution in [3.8, 4) is 5.75 Å². The Kier molecular flexibility index (Phi) is 4.88. The van der Waals surface area contributed by atoms with Crippen LogP contribution in [0.2, 0.25) is 0 Å². The van der Waals surface area contributed by atoms with Gasteiger partial charge in [0, 0.05) is 6.54 Å². The van der Waals surface area contributed by atoms with Gasteiger partial charge in [-0.1, -0.05) is 32.9 Å². The summed E-state index contributed by atoms with van der Waals surface area (Å²) >= 11 is 0. The molecule has 0 bridgehead atoms. The number of carbonyl (C=O) groups is 1. The third-order valence-corrected chi connectivity index (χ3v) is 4.43. The number of amides is 1. The van der Waals surface area contributed by atoms with Crippen LogP contribution in [0, 0.1) is 11.8 Å².